The fourth-order valence-electron chi connectivity index (χ4n) is 1.66. The maximum atomic E-state index is 12.4. The molecule has 2 aromatic rings. The van der Waals surface area contributed by atoms with Crippen LogP contribution in [0.2, 0.25) is 0 Å². The van der Waals surface area contributed by atoms with Gasteiger partial charge >= 0.3 is 6.18 Å². The van der Waals surface area contributed by atoms with Gasteiger partial charge in [-0.25, -0.2) is 0 Å². The SMILES string of the molecule is N#Cc1ccccc1/[C]=N\OCc1ccc(C(F)(F)F)cc1. The summed E-state index contributed by atoms with van der Waals surface area (Å²) in [7, 11) is 0. The van der Waals surface area contributed by atoms with E-state index in [-0.39, 0.29) is 6.61 Å². The van der Waals surface area contributed by atoms with Crippen LogP contribution in [0.1, 0.15) is 22.3 Å². The van der Waals surface area contributed by atoms with Crippen molar-refractivity contribution in [3.8, 4) is 6.07 Å². The third-order valence-electron chi connectivity index (χ3n) is 2.79. The summed E-state index contributed by atoms with van der Waals surface area (Å²) in [5.74, 6) is 0. The summed E-state index contributed by atoms with van der Waals surface area (Å²) in [6.07, 6.45) is -1.78. The Morgan fingerprint density at radius 1 is 1.00 bits per heavy atom. The summed E-state index contributed by atoms with van der Waals surface area (Å²) < 4.78 is 37.2. The lowest BCUT2D eigenvalue weighted by atomic mass is 10.1. The van der Waals surface area contributed by atoms with Crippen LogP contribution in [0.3, 0.4) is 0 Å². The molecule has 22 heavy (non-hydrogen) atoms. The summed E-state index contributed by atoms with van der Waals surface area (Å²) >= 11 is 0. The lowest BCUT2D eigenvalue weighted by Crippen LogP contribution is -2.04. The lowest BCUT2D eigenvalue weighted by Gasteiger charge is -2.06. The summed E-state index contributed by atoms with van der Waals surface area (Å²) in [5.41, 5.74) is 0.725. The quantitative estimate of drug-likeness (QED) is 0.633. The van der Waals surface area contributed by atoms with Crippen molar-refractivity contribution in [1.29, 1.82) is 5.26 Å². The fourth-order valence-corrected chi connectivity index (χ4v) is 1.66. The maximum Gasteiger partial charge on any atom is 0.416 e. The van der Waals surface area contributed by atoms with Crippen molar-refractivity contribution >= 4 is 6.21 Å². The topological polar surface area (TPSA) is 45.4 Å². The van der Waals surface area contributed by atoms with Gasteiger partial charge in [0.2, 0.25) is 0 Å². The van der Waals surface area contributed by atoms with E-state index in [4.69, 9.17) is 10.1 Å². The van der Waals surface area contributed by atoms with Crippen LogP contribution >= 0.6 is 0 Å². The van der Waals surface area contributed by atoms with Gasteiger partial charge in [0, 0.05) is 5.56 Å². The van der Waals surface area contributed by atoms with Gasteiger partial charge in [-0.05, 0) is 23.8 Å². The van der Waals surface area contributed by atoms with Crippen LogP contribution in [0, 0.1) is 11.3 Å². The van der Waals surface area contributed by atoms with Gasteiger partial charge in [-0.1, -0.05) is 35.5 Å². The lowest BCUT2D eigenvalue weighted by molar-refractivity contribution is -0.137. The zero-order valence-corrected chi connectivity index (χ0v) is 11.3. The highest BCUT2D eigenvalue weighted by Gasteiger charge is 2.29. The molecule has 6 heteroatoms. The number of nitrogens with zero attached hydrogens (tertiary/aromatic N) is 2. The second-order valence-electron chi connectivity index (χ2n) is 4.33. The van der Waals surface area contributed by atoms with E-state index in [9.17, 15) is 13.2 Å². The van der Waals surface area contributed by atoms with Gasteiger partial charge in [-0.15, -0.1) is 0 Å². The van der Waals surface area contributed by atoms with Gasteiger partial charge in [0.05, 0.1) is 17.2 Å². The third-order valence-corrected chi connectivity index (χ3v) is 2.79. The van der Waals surface area contributed by atoms with E-state index in [0.29, 0.717) is 16.7 Å². The molecule has 0 saturated heterocycles. The zero-order chi connectivity index (χ0) is 16.0. The minimum atomic E-state index is -4.35. The molecule has 0 atom stereocenters. The van der Waals surface area contributed by atoms with Gasteiger partial charge in [0.1, 0.15) is 12.8 Å². The molecule has 0 saturated carbocycles. The highest BCUT2D eigenvalue weighted by molar-refractivity contribution is 5.82. The summed E-state index contributed by atoms with van der Waals surface area (Å²) in [6.45, 7) is 0.0137. The number of rotatable bonds is 4. The second-order valence-corrected chi connectivity index (χ2v) is 4.33. The Hall–Kier alpha value is -2.81. The minimum absolute atomic E-state index is 0.0137. The first kappa shape index (κ1) is 15.6. The molecule has 0 heterocycles. The third kappa shape index (κ3) is 4.09. The predicted molar refractivity (Wildman–Crippen MR) is 73.9 cm³/mol. The molecule has 0 N–H and O–H groups in total. The van der Waals surface area contributed by atoms with Crippen molar-refractivity contribution in [2.45, 2.75) is 12.8 Å². The average molecular weight is 303 g/mol. The van der Waals surface area contributed by atoms with Crippen LogP contribution in [0.5, 0.6) is 0 Å². The van der Waals surface area contributed by atoms with Gasteiger partial charge < -0.3 is 4.84 Å². The molecule has 0 bridgehead atoms. The molecule has 0 aromatic heterocycles. The van der Waals surface area contributed by atoms with E-state index in [0.717, 1.165) is 12.1 Å². The van der Waals surface area contributed by atoms with E-state index in [1.54, 1.807) is 24.3 Å². The van der Waals surface area contributed by atoms with Crippen molar-refractivity contribution in [3.63, 3.8) is 0 Å². The number of halogens is 3. The van der Waals surface area contributed by atoms with Gasteiger partial charge in [0.25, 0.3) is 0 Å². The highest BCUT2D eigenvalue weighted by atomic mass is 19.4. The van der Waals surface area contributed by atoms with Gasteiger partial charge in [0.15, 0.2) is 0 Å². The molecule has 0 aliphatic rings. The van der Waals surface area contributed by atoms with E-state index in [1.165, 1.54) is 12.1 Å². The molecule has 111 valence electrons. The molecule has 0 fully saturated rings. The molecule has 0 unspecified atom stereocenters. The van der Waals surface area contributed by atoms with Crippen LogP contribution in [0.4, 0.5) is 13.2 Å². The van der Waals surface area contributed by atoms with Gasteiger partial charge in [-0.2, -0.15) is 18.4 Å². The molecule has 0 aliphatic heterocycles. The summed E-state index contributed by atoms with van der Waals surface area (Å²) in [5, 5.41) is 12.5. The molecule has 0 spiro atoms. The van der Waals surface area contributed by atoms with Crippen LogP contribution in [0.15, 0.2) is 53.7 Å². The summed E-state index contributed by atoms with van der Waals surface area (Å²) in [6, 6.07) is 13.3. The Labute approximate surface area is 125 Å². The van der Waals surface area contributed by atoms with E-state index in [1.807, 2.05) is 6.07 Å². The van der Waals surface area contributed by atoms with Crippen molar-refractivity contribution in [2.24, 2.45) is 5.16 Å². The number of hydrogen-bond donors (Lipinski definition) is 0. The number of alkyl halides is 3. The first-order chi connectivity index (χ1) is 10.5. The monoisotopic (exact) mass is 303 g/mol. The molecule has 0 aliphatic carbocycles. The van der Waals surface area contributed by atoms with E-state index < -0.39 is 11.7 Å². The number of benzene rings is 2. The first-order valence-corrected chi connectivity index (χ1v) is 6.24. The Bertz CT molecular complexity index is 701. The average Bonchev–Trinajstić information content (AvgIpc) is 2.51. The molecule has 1 radical (unpaired) electrons. The van der Waals surface area contributed by atoms with Crippen molar-refractivity contribution in [1.82, 2.24) is 0 Å². The first-order valence-electron chi connectivity index (χ1n) is 6.24. The molecule has 2 aromatic carbocycles. The molecule has 3 nitrogen and oxygen atoms in total. The second kappa shape index (κ2) is 6.76. The van der Waals surface area contributed by atoms with Crippen LogP contribution in [-0.4, -0.2) is 6.21 Å². The zero-order valence-electron chi connectivity index (χ0n) is 11.3. The summed E-state index contributed by atoms with van der Waals surface area (Å²) in [4.78, 5) is 4.97. The minimum Gasteiger partial charge on any atom is -0.390 e. The van der Waals surface area contributed by atoms with Crippen molar-refractivity contribution < 1.29 is 18.0 Å². The van der Waals surface area contributed by atoms with Crippen molar-refractivity contribution in [2.75, 3.05) is 0 Å². The smallest absolute Gasteiger partial charge is 0.390 e. The highest BCUT2D eigenvalue weighted by Crippen LogP contribution is 2.29. The Morgan fingerprint density at radius 2 is 1.64 bits per heavy atom. The fraction of sp³-hybridized carbons (Fsp3) is 0.125. The van der Waals surface area contributed by atoms with Crippen molar-refractivity contribution in [3.05, 3.63) is 70.8 Å². The van der Waals surface area contributed by atoms with E-state index >= 15 is 0 Å². The standard InChI is InChI=1S/C16H10F3N2O/c17-16(18,19)15-7-5-12(6-8-15)11-22-21-10-14-4-2-1-3-13(14)9-20/h1-8H,11H2. The Balaban J connectivity index is 1.94. The molecular formula is C16H10F3N2O. The Kier molecular flexibility index (Phi) is 4.79. The Morgan fingerprint density at radius 3 is 2.23 bits per heavy atom. The largest absolute Gasteiger partial charge is 0.416 e. The van der Waals surface area contributed by atoms with Crippen LogP contribution in [-0.2, 0) is 17.6 Å². The predicted octanol–water partition coefficient (Wildman–Crippen LogP) is 4.00. The van der Waals surface area contributed by atoms with E-state index in [2.05, 4.69) is 11.4 Å². The number of nitriles is 1. The van der Waals surface area contributed by atoms with Gasteiger partial charge in [-0.3, -0.25) is 0 Å². The number of hydrogen-bond acceptors (Lipinski definition) is 3. The molecular weight excluding hydrogens is 293 g/mol. The maximum absolute atomic E-state index is 12.4. The van der Waals surface area contributed by atoms with Crippen LogP contribution < -0.4 is 0 Å². The van der Waals surface area contributed by atoms with Crippen LogP contribution in [0.25, 0.3) is 0 Å². The normalized spacial score (nSPS) is 11.4. The molecule has 0 amide bonds. The molecule has 2 rings (SSSR count).